The first-order chi connectivity index (χ1) is 7.67. The van der Waals surface area contributed by atoms with E-state index in [4.69, 9.17) is 0 Å². The van der Waals surface area contributed by atoms with Crippen molar-refractivity contribution < 1.29 is 0 Å². The minimum absolute atomic E-state index is 0.248. The van der Waals surface area contributed by atoms with E-state index in [1.165, 1.54) is 25.9 Å². The van der Waals surface area contributed by atoms with Gasteiger partial charge in [-0.05, 0) is 37.2 Å². The number of rotatable bonds is 3. The molecular weight excluding hydrogens is 202 g/mol. The molecule has 1 saturated carbocycles. The highest BCUT2D eigenvalue weighted by molar-refractivity contribution is 5.15. The summed E-state index contributed by atoms with van der Waals surface area (Å²) in [5.74, 6) is 0. The first-order valence-corrected chi connectivity index (χ1v) is 5.94. The van der Waals surface area contributed by atoms with Crippen molar-refractivity contribution in [2.24, 2.45) is 5.41 Å². The third-order valence-corrected chi connectivity index (χ3v) is 3.89. The van der Waals surface area contributed by atoms with Crippen LogP contribution < -0.4 is 5.69 Å². The minimum Gasteiger partial charge on any atom is -0.310 e. The van der Waals surface area contributed by atoms with Crippen molar-refractivity contribution in [1.82, 2.24) is 14.9 Å². The van der Waals surface area contributed by atoms with Gasteiger partial charge in [-0.2, -0.15) is 0 Å². The normalized spacial score (nSPS) is 22.1. The maximum absolute atomic E-state index is 11.0. The Bertz CT molecular complexity index is 454. The van der Waals surface area contributed by atoms with Crippen LogP contribution in [0.4, 0.5) is 0 Å². The maximum atomic E-state index is 11.0. The summed E-state index contributed by atoms with van der Waals surface area (Å²) in [5, 5.41) is 0. The van der Waals surface area contributed by atoms with Crippen LogP contribution in [0.3, 0.4) is 0 Å². The van der Waals surface area contributed by atoms with Gasteiger partial charge in [-0.1, -0.05) is 0 Å². The second-order valence-corrected chi connectivity index (χ2v) is 5.30. The van der Waals surface area contributed by atoms with Gasteiger partial charge in [0.15, 0.2) is 0 Å². The van der Waals surface area contributed by atoms with Crippen molar-refractivity contribution in [1.29, 1.82) is 0 Å². The van der Waals surface area contributed by atoms with Gasteiger partial charge in [0.2, 0.25) is 0 Å². The zero-order valence-electron chi connectivity index (χ0n) is 9.62. The molecule has 0 bridgehead atoms. The van der Waals surface area contributed by atoms with Crippen molar-refractivity contribution >= 4 is 0 Å². The van der Waals surface area contributed by atoms with Crippen LogP contribution >= 0.6 is 0 Å². The summed E-state index contributed by atoms with van der Waals surface area (Å²) in [4.78, 5) is 20.0. The predicted octanol–water partition coefficient (Wildman–Crippen LogP) is 0.717. The number of hydrogen-bond donors (Lipinski definition) is 1. The molecule has 1 aromatic heterocycles. The van der Waals surface area contributed by atoms with E-state index in [0.29, 0.717) is 0 Å². The average Bonchev–Trinajstić information content (AvgIpc) is 2.95. The van der Waals surface area contributed by atoms with E-state index >= 15 is 0 Å². The number of nitrogens with zero attached hydrogens (tertiary/aromatic N) is 2. The first kappa shape index (κ1) is 10.0. The van der Waals surface area contributed by atoms with Crippen LogP contribution in [-0.4, -0.2) is 34.5 Å². The topological polar surface area (TPSA) is 49.0 Å². The zero-order chi connectivity index (χ0) is 11.2. The number of nitrogens with one attached hydrogen (secondary N) is 1. The molecule has 86 valence electrons. The lowest BCUT2D eigenvalue weighted by molar-refractivity contribution is 0.0833. The summed E-state index contributed by atoms with van der Waals surface area (Å²) in [6, 6.07) is 0. The largest absolute Gasteiger partial charge is 0.345 e. The van der Waals surface area contributed by atoms with Crippen LogP contribution in [-0.2, 0) is 6.42 Å². The van der Waals surface area contributed by atoms with Crippen molar-refractivity contribution in [2.75, 3.05) is 19.6 Å². The van der Waals surface area contributed by atoms with Crippen molar-refractivity contribution in [3.63, 3.8) is 0 Å². The summed E-state index contributed by atoms with van der Waals surface area (Å²) in [6.07, 6.45) is 5.57. The molecule has 2 aliphatic rings. The minimum atomic E-state index is -0.248. The smallest absolute Gasteiger partial charge is 0.310 e. The van der Waals surface area contributed by atoms with Gasteiger partial charge in [0.05, 0.1) is 0 Å². The van der Waals surface area contributed by atoms with Crippen LogP contribution in [0.25, 0.3) is 0 Å². The molecule has 1 aliphatic carbocycles. The number of aromatic amines is 1. The summed E-state index contributed by atoms with van der Waals surface area (Å²) < 4.78 is 0. The molecular formula is C12H17N3O. The Kier molecular flexibility index (Phi) is 2.14. The standard InChI is InChI=1S/C12H17N3O/c1-9-10(6-13-11(16)14-9)2-5-15-7-12(8-15)3-4-12/h6H,2-5,7-8H2,1H3,(H,13,14,16). The number of likely N-dealkylation sites (tertiary alicyclic amines) is 1. The van der Waals surface area contributed by atoms with Crippen molar-refractivity contribution in [3.8, 4) is 0 Å². The van der Waals surface area contributed by atoms with Gasteiger partial charge < -0.3 is 9.88 Å². The Morgan fingerprint density at radius 2 is 2.25 bits per heavy atom. The van der Waals surface area contributed by atoms with E-state index in [0.717, 1.165) is 29.6 Å². The number of aryl methyl sites for hydroxylation is 1. The Morgan fingerprint density at radius 3 is 2.88 bits per heavy atom. The van der Waals surface area contributed by atoms with Crippen molar-refractivity contribution in [2.45, 2.75) is 26.2 Å². The number of H-pyrrole nitrogens is 1. The van der Waals surface area contributed by atoms with Gasteiger partial charge in [-0.15, -0.1) is 0 Å². The second kappa shape index (κ2) is 3.42. The summed E-state index contributed by atoms with van der Waals surface area (Å²) >= 11 is 0. The molecule has 0 atom stereocenters. The number of hydrogen-bond acceptors (Lipinski definition) is 3. The van der Waals surface area contributed by atoms with E-state index in [2.05, 4.69) is 14.9 Å². The third-order valence-electron chi connectivity index (χ3n) is 3.89. The molecule has 0 aromatic carbocycles. The van der Waals surface area contributed by atoms with Crippen LogP contribution in [0.15, 0.2) is 11.0 Å². The lowest BCUT2D eigenvalue weighted by Gasteiger charge is -2.40. The quantitative estimate of drug-likeness (QED) is 0.814. The molecule has 1 aromatic rings. The predicted molar refractivity (Wildman–Crippen MR) is 61.4 cm³/mol. The Morgan fingerprint density at radius 1 is 1.50 bits per heavy atom. The Hall–Kier alpha value is -1.16. The molecule has 0 amide bonds. The van der Waals surface area contributed by atoms with E-state index in [1.807, 2.05) is 6.92 Å². The monoisotopic (exact) mass is 219 g/mol. The SMILES string of the molecule is Cc1[nH]c(=O)ncc1CCN1CC2(CC2)C1. The molecule has 3 rings (SSSR count). The van der Waals surface area contributed by atoms with E-state index < -0.39 is 0 Å². The molecule has 2 fully saturated rings. The molecule has 1 saturated heterocycles. The van der Waals surface area contributed by atoms with Crippen LogP contribution in [0.2, 0.25) is 0 Å². The van der Waals surface area contributed by atoms with Gasteiger partial charge in [0, 0.05) is 31.5 Å². The van der Waals surface area contributed by atoms with Gasteiger partial charge in [0.25, 0.3) is 0 Å². The fraction of sp³-hybridized carbons (Fsp3) is 0.667. The fourth-order valence-electron chi connectivity index (χ4n) is 2.59. The van der Waals surface area contributed by atoms with E-state index in [-0.39, 0.29) is 5.69 Å². The van der Waals surface area contributed by atoms with Gasteiger partial charge in [0.1, 0.15) is 0 Å². The summed E-state index contributed by atoms with van der Waals surface area (Å²) in [5.41, 5.74) is 2.61. The van der Waals surface area contributed by atoms with Crippen LogP contribution in [0.1, 0.15) is 24.1 Å². The van der Waals surface area contributed by atoms with E-state index in [1.54, 1.807) is 6.20 Å². The Labute approximate surface area is 94.7 Å². The van der Waals surface area contributed by atoms with Gasteiger partial charge >= 0.3 is 5.69 Å². The Balaban J connectivity index is 1.56. The molecule has 1 aliphatic heterocycles. The molecule has 0 unspecified atom stereocenters. The molecule has 16 heavy (non-hydrogen) atoms. The lowest BCUT2D eigenvalue weighted by atomic mass is 9.96. The molecule has 4 heteroatoms. The molecule has 1 N–H and O–H groups in total. The maximum Gasteiger partial charge on any atom is 0.345 e. The van der Waals surface area contributed by atoms with Gasteiger partial charge in [-0.3, -0.25) is 0 Å². The summed E-state index contributed by atoms with van der Waals surface area (Å²) in [7, 11) is 0. The van der Waals surface area contributed by atoms with E-state index in [9.17, 15) is 4.79 Å². The molecule has 2 heterocycles. The van der Waals surface area contributed by atoms with Crippen molar-refractivity contribution in [3.05, 3.63) is 27.9 Å². The summed E-state index contributed by atoms with van der Waals surface area (Å²) in [6.45, 7) is 5.60. The lowest BCUT2D eigenvalue weighted by Crippen LogP contribution is -2.49. The first-order valence-electron chi connectivity index (χ1n) is 5.94. The second-order valence-electron chi connectivity index (χ2n) is 5.30. The van der Waals surface area contributed by atoms with Crippen LogP contribution in [0.5, 0.6) is 0 Å². The third kappa shape index (κ3) is 1.78. The highest BCUT2D eigenvalue weighted by atomic mass is 16.1. The fourth-order valence-corrected chi connectivity index (χ4v) is 2.59. The molecule has 1 spiro atoms. The van der Waals surface area contributed by atoms with Crippen LogP contribution in [0, 0.1) is 12.3 Å². The molecule has 4 nitrogen and oxygen atoms in total. The van der Waals surface area contributed by atoms with Gasteiger partial charge in [-0.25, -0.2) is 9.78 Å². The molecule has 0 radical (unpaired) electrons. The highest BCUT2D eigenvalue weighted by Crippen LogP contribution is 2.52. The number of aromatic nitrogens is 2. The average molecular weight is 219 g/mol. The zero-order valence-corrected chi connectivity index (χ0v) is 9.62. The highest BCUT2D eigenvalue weighted by Gasteiger charge is 2.51.